The number of benzene rings is 1. The minimum absolute atomic E-state index is 0.0992. The molecule has 108 valence electrons. The maximum Gasteiger partial charge on any atom is 0.328 e. The van der Waals surface area contributed by atoms with Gasteiger partial charge in [0.15, 0.2) is 0 Å². The summed E-state index contributed by atoms with van der Waals surface area (Å²) in [6, 6.07) is 7.42. The first-order valence-corrected chi connectivity index (χ1v) is 6.47. The summed E-state index contributed by atoms with van der Waals surface area (Å²) < 4.78 is 1.64. The number of carboxylic acid groups (broad SMARTS) is 1. The molecule has 2 aromatic rings. The van der Waals surface area contributed by atoms with Crippen molar-refractivity contribution in [3.05, 3.63) is 63.1 Å². The second kappa shape index (κ2) is 5.75. The highest BCUT2D eigenvalue weighted by Crippen LogP contribution is 2.14. The van der Waals surface area contributed by atoms with Gasteiger partial charge in [-0.3, -0.25) is 4.79 Å². The van der Waals surface area contributed by atoms with Gasteiger partial charge in [-0.25, -0.2) is 9.48 Å². The first-order chi connectivity index (χ1) is 9.86. The molecule has 0 aliphatic carbocycles. The van der Waals surface area contributed by atoms with Crippen LogP contribution in [0.3, 0.4) is 0 Å². The Labute approximate surface area is 122 Å². The summed E-state index contributed by atoms with van der Waals surface area (Å²) in [4.78, 5) is 22.4. The molecule has 0 radical (unpaired) electrons. The summed E-state index contributed by atoms with van der Waals surface area (Å²) in [5.74, 6) is -1.12. The molecule has 0 aliphatic heterocycles. The van der Waals surface area contributed by atoms with Crippen LogP contribution in [0.15, 0.2) is 35.1 Å². The van der Waals surface area contributed by atoms with Gasteiger partial charge in [0.25, 0.3) is 0 Å². The number of hydrogen-bond donors (Lipinski definition) is 1. The lowest BCUT2D eigenvalue weighted by Gasteiger charge is -2.11. The van der Waals surface area contributed by atoms with Crippen LogP contribution >= 0.6 is 0 Å². The van der Waals surface area contributed by atoms with E-state index < -0.39 is 5.97 Å². The molecule has 5 nitrogen and oxygen atoms in total. The van der Waals surface area contributed by atoms with Gasteiger partial charge in [0.05, 0.1) is 5.69 Å². The van der Waals surface area contributed by atoms with Crippen LogP contribution in [0.4, 0.5) is 0 Å². The van der Waals surface area contributed by atoms with E-state index in [4.69, 9.17) is 5.11 Å². The Hall–Kier alpha value is -2.69. The van der Waals surface area contributed by atoms with Crippen molar-refractivity contribution in [2.45, 2.75) is 20.8 Å². The highest BCUT2D eigenvalue weighted by Gasteiger charge is 2.07. The van der Waals surface area contributed by atoms with E-state index in [-0.39, 0.29) is 11.1 Å². The van der Waals surface area contributed by atoms with E-state index in [1.807, 2.05) is 32.0 Å². The van der Waals surface area contributed by atoms with E-state index in [0.29, 0.717) is 5.69 Å². The van der Waals surface area contributed by atoms with Crippen molar-refractivity contribution in [1.29, 1.82) is 0 Å². The molecule has 5 heteroatoms. The second-order valence-corrected chi connectivity index (χ2v) is 4.96. The van der Waals surface area contributed by atoms with Crippen LogP contribution in [0.5, 0.6) is 0 Å². The quantitative estimate of drug-likeness (QED) is 0.877. The van der Waals surface area contributed by atoms with Gasteiger partial charge in [0.1, 0.15) is 5.69 Å². The second-order valence-electron chi connectivity index (χ2n) is 4.96. The van der Waals surface area contributed by atoms with Crippen molar-refractivity contribution in [2.75, 3.05) is 0 Å². The number of hydrogen-bond acceptors (Lipinski definition) is 3. The van der Waals surface area contributed by atoms with Crippen molar-refractivity contribution in [3.63, 3.8) is 0 Å². The Morgan fingerprint density at radius 3 is 2.33 bits per heavy atom. The largest absolute Gasteiger partial charge is 0.478 e. The van der Waals surface area contributed by atoms with Gasteiger partial charge in [-0.1, -0.05) is 6.07 Å². The van der Waals surface area contributed by atoms with Crippen molar-refractivity contribution >= 4 is 12.0 Å². The number of rotatable bonds is 3. The Bertz CT molecular complexity index is 768. The number of aromatic nitrogens is 2. The SMILES string of the molecule is Cc1cc(C)cc(-n2nc(/C=C/C(=O)O)c(=O)cc2C)c1. The third kappa shape index (κ3) is 3.45. The molecule has 21 heavy (non-hydrogen) atoms. The molecule has 0 aliphatic rings. The zero-order chi connectivity index (χ0) is 15.6. The van der Waals surface area contributed by atoms with Crippen molar-refractivity contribution in [1.82, 2.24) is 9.78 Å². The molecular weight excluding hydrogens is 268 g/mol. The Kier molecular flexibility index (Phi) is 4.03. The Balaban J connectivity index is 2.61. The molecule has 2 rings (SSSR count). The monoisotopic (exact) mass is 284 g/mol. The maximum absolute atomic E-state index is 11.8. The van der Waals surface area contributed by atoms with Gasteiger partial charge < -0.3 is 5.11 Å². The number of aliphatic carboxylic acids is 1. The maximum atomic E-state index is 11.8. The first-order valence-electron chi connectivity index (χ1n) is 6.47. The molecule has 0 saturated carbocycles. The van der Waals surface area contributed by atoms with Crippen LogP contribution in [-0.2, 0) is 4.79 Å². The van der Waals surface area contributed by atoms with Gasteiger partial charge in [-0.2, -0.15) is 5.10 Å². The zero-order valence-corrected chi connectivity index (χ0v) is 12.1. The smallest absolute Gasteiger partial charge is 0.328 e. The first kappa shape index (κ1) is 14.7. The predicted octanol–water partition coefficient (Wildman–Crippen LogP) is 2.26. The van der Waals surface area contributed by atoms with Crippen LogP contribution in [0, 0.1) is 20.8 Å². The molecule has 0 spiro atoms. The molecule has 1 aromatic heterocycles. The van der Waals surface area contributed by atoms with E-state index in [1.54, 1.807) is 11.6 Å². The lowest BCUT2D eigenvalue weighted by Crippen LogP contribution is -2.16. The highest BCUT2D eigenvalue weighted by atomic mass is 16.4. The van der Waals surface area contributed by atoms with Crippen molar-refractivity contribution in [3.8, 4) is 5.69 Å². The Morgan fingerprint density at radius 2 is 1.76 bits per heavy atom. The van der Waals surface area contributed by atoms with E-state index in [2.05, 4.69) is 5.10 Å². The van der Waals surface area contributed by atoms with Crippen LogP contribution in [0.25, 0.3) is 11.8 Å². The molecule has 1 aromatic carbocycles. The minimum Gasteiger partial charge on any atom is -0.478 e. The third-order valence-corrected chi connectivity index (χ3v) is 2.97. The predicted molar refractivity (Wildman–Crippen MR) is 80.7 cm³/mol. The summed E-state index contributed by atoms with van der Waals surface area (Å²) in [7, 11) is 0. The fourth-order valence-corrected chi connectivity index (χ4v) is 2.16. The minimum atomic E-state index is -1.12. The normalized spacial score (nSPS) is 11.0. The fraction of sp³-hybridized carbons (Fsp3) is 0.188. The fourth-order valence-electron chi connectivity index (χ4n) is 2.16. The van der Waals surface area contributed by atoms with E-state index in [1.165, 1.54) is 12.1 Å². The summed E-state index contributed by atoms with van der Waals surface area (Å²) in [5.41, 5.74) is 3.51. The summed E-state index contributed by atoms with van der Waals surface area (Å²) in [6.45, 7) is 5.76. The Morgan fingerprint density at radius 1 is 1.14 bits per heavy atom. The number of nitrogens with zero attached hydrogens (tertiary/aromatic N) is 2. The van der Waals surface area contributed by atoms with Crippen molar-refractivity contribution in [2.24, 2.45) is 0 Å². The number of carbonyl (C=O) groups is 1. The molecule has 0 fully saturated rings. The zero-order valence-electron chi connectivity index (χ0n) is 12.1. The molecule has 0 saturated heterocycles. The highest BCUT2D eigenvalue weighted by molar-refractivity contribution is 5.84. The summed E-state index contributed by atoms with van der Waals surface area (Å²) in [6.07, 6.45) is 2.12. The molecule has 1 N–H and O–H groups in total. The topological polar surface area (TPSA) is 72.2 Å². The van der Waals surface area contributed by atoms with Gasteiger partial charge >= 0.3 is 5.97 Å². The van der Waals surface area contributed by atoms with E-state index in [9.17, 15) is 9.59 Å². The average molecular weight is 284 g/mol. The number of carboxylic acids is 1. The van der Waals surface area contributed by atoms with E-state index >= 15 is 0 Å². The molecule has 0 amide bonds. The van der Waals surface area contributed by atoms with Crippen LogP contribution in [0.1, 0.15) is 22.5 Å². The van der Waals surface area contributed by atoms with Crippen molar-refractivity contribution < 1.29 is 9.90 Å². The van der Waals surface area contributed by atoms with Gasteiger partial charge in [0, 0.05) is 17.8 Å². The molecule has 0 bridgehead atoms. The third-order valence-electron chi connectivity index (χ3n) is 2.97. The molecular formula is C16H16N2O3. The van der Waals surface area contributed by atoms with Crippen LogP contribution < -0.4 is 5.43 Å². The van der Waals surface area contributed by atoms with Crippen LogP contribution in [-0.4, -0.2) is 20.9 Å². The van der Waals surface area contributed by atoms with E-state index in [0.717, 1.165) is 22.9 Å². The van der Waals surface area contributed by atoms with Crippen LogP contribution in [0.2, 0.25) is 0 Å². The van der Waals surface area contributed by atoms with Gasteiger partial charge in [-0.15, -0.1) is 0 Å². The summed E-state index contributed by atoms with van der Waals surface area (Å²) >= 11 is 0. The number of aryl methyl sites for hydroxylation is 3. The lowest BCUT2D eigenvalue weighted by atomic mass is 10.1. The van der Waals surface area contributed by atoms with Gasteiger partial charge in [-0.05, 0) is 50.1 Å². The molecule has 0 atom stereocenters. The summed E-state index contributed by atoms with van der Waals surface area (Å²) in [5, 5.41) is 12.9. The average Bonchev–Trinajstić information content (AvgIpc) is 2.36. The standard InChI is InChI=1S/C16H16N2O3/c1-10-6-11(2)8-13(7-10)18-12(3)9-15(19)14(17-18)4-5-16(20)21/h4-9H,1-3H3,(H,20,21)/b5-4+. The lowest BCUT2D eigenvalue weighted by molar-refractivity contribution is -0.131. The molecule has 1 heterocycles. The molecule has 0 unspecified atom stereocenters. The van der Waals surface area contributed by atoms with Gasteiger partial charge in [0.2, 0.25) is 5.43 Å².